The van der Waals surface area contributed by atoms with E-state index in [4.69, 9.17) is 9.26 Å². The van der Waals surface area contributed by atoms with Gasteiger partial charge in [-0.2, -0.15) is 4.98 Å². The lowest BCUT2D eigenvalue weighted by molar-refractivity contribution is -0.148. The minimum Gasteiger partial charge on any atom is -0.456 e. The zero-order valence-corrected chi connectivity index (χ0v) is 16.3. The van der Waals surface area contributed by atoms with Gasteiger partial charge in [-0.15, -0.1) is 0 Å². The highest BCUT2D eigenvalue weighted by molar-refractivity contribution is 5.97. The Morgan fingerprint density at radius 2 is 1.80 bits per heavy atom. The number of halogens is 2. The molecular weight excluding hydrogens is 396 g/mol. The standard InChI is InChI=1S/C21H19F2N3O4/c1-12(2)18(25-19(27)15-5-3-4-6-16(15)23)21(28)29-11-17-24-20(30-26-17)13-7-9-14(22)10-8-13/h3-10,12,18H,11H2,1-2H3,(H,25,27)/t18-/m0/s1. The maximum absolute atomic E-state index is 13.8. The Morgan fingerprint density at radius 3 is 2.47 bits per heavy atom. The van der Waals surface area contributed by atoms with Crippen molar-refractivity contribution in [2.45, 2.75) is 26.5 Å². The molecule has 0 aliphatic rings. The second-order valence-corrected chi connectivity index (χ2v) is 6.81. The van der Waals surface area contributed by atoms with Crippen molar-refractivity contribution in [2.75, 3.05) is 0 Å². The molecule has 3 aromatic rings. The van der Waals surface area contributed by atoms with E-state index >= 15 is 0 Å². The normalized spacial score (nSPS) is 11.9. The van der Waals surface area contributed by atoms with Crippen LogP contribution in [0.5, 0.6) is 0 Å². The third-order valence-electron chi connectivity index (χ3n) is 4.23. The van der Waals surface area contributed by atoms with Gasteiger partial charge in [0.05, 0.1) is 5.56 Å². The van der Waals surface area contributed by atoms with Crippen molar-refractivity contribution in [3.63, 3.8) is 0 Å². The summed E-state index contributed by atoms with van der Waals surface area (Å²) in [6, 6.07) is 9.94. The van der Waals surface area contributed by atoms with E-state index in [1.54, 1.807) is 13.8 Å². The lowest BCUT2D eigenvalue weighted by atomic mass is 10.0. The Hall–Kier alpha value is -3.62. The van der Waals surface area contributed by atoms with Gasteiger partial charge in [0.15, 0.2) is 6.61 Å². The number of aromatic nitrogens is 2. The van der Waals surface area contributed by atoms with E-state index in [2.05, 4.69) is 15.5 Å². The number of ether oxygens (including phenoxy) is 1. The van der Waals surface area contributed by atoms with E-state index in [9.17, 15) is 18.4 Å². The lowest BCUT2D eigenvalue weighted by Gasteiger charge is -2.20. The molecule has 0 fully saturated rings. The molecule has 1 amide bonds. The van der Waals surface area contributed by atoms with Gasteiger partial charge in [-0.25, -0.2) is 13.6 Å². The average molecular weight is 415 g/mol. The predicted molar refractivity (Wildman–Crippen MR) is 102 cm³/mol. The third kappa shape index (κ3) is 5.05. The van der Waals surface area contributed by atoms with Crippen LogP contribution in [0.1, 0.15) is 30.0 Å². The Morgan fingerprint density at radius 1 is 1.10 bits per heavy atom. The average Bonchev–Trinajstić information content (AvgIpc) is 3.19. The van der Waals surface area contributed by atoms with Gasteiger partial charge in [-0.05, 0) is 42.3 Å². The Balaban J connectivity index is 1.62. The van der Waals surface area contributed by atoms with Gasteiger partial charge in [0.2, 0.25) is 5.82 Å². The molecule has 0 aliphatic carbocycles. The first-order valence-corrected chi connectivity index (χ1v) is 9.15. The summed E-state index contributed by atoms with van der Waals surface area (Å²) < 4.78 is 37.1. The number of hydrogen-bond donors (Lipinski definition) is 1. The molecule has 30 heavy (non-hydrogen) atoms. The van der Waals surface area contributed by atoms with Crippen molar-refractivity contribution in [3.8, 4) is 11.5 Å². The van der Waals surface area contributed by atoms with Crippen molar-refractivity contribution in [1.29, 1.82) is 0 Å². The van der Waals surface area contributed by atoms with Gasteiger partial charge in [0.1, 0.15) is 17.7 Å². The van der Waals surface area contributed by atoms with Crippen LogP contribution in [0.3, 0.4) is 0 Å². The van der Waals surface area contributed by atoms with Crippen molar-refractivity contribution < 1.29 is 27.6 Å². The first-order valence-electron chi connectivity index (χ1n) is 9.15. The monoisotopic (exact) mass is 415 g/mol. The molecule has 2 aromatic carbocycles. The molecule has 0 radical (unpaired) electrons. The van der Waals surface area contributed by atoms with Crippen LogP contribution in [0.25, 0.3) is 11.5 Å². The zero-order valence-electron chi connectivity index (χ0n) is 16.3. The number of rotatable bonds is 7. The molecule has 1 heterocycles. The molecule has 1 N–H and O–H groups in total. The molecular formula is C21H19F2N3O4. The molecule has 0 unspecified atom stereocenters. The van der Waals surface area contributed by atoms with E-state index in [1.807, 2.05) is 0 Å². The molecule has 0 saturated heterocycles. The molecule has 1 aromatic heterocycles. The second-order valence-electron chi connectivity index (χ2n) is 6.81. The van der Waals surface area contributed by atoms with Gasteiger partial charge in [-0.1, -0.05) is 31.1 Å². The SMILES string of the molecule is CC(C)[C@H](NC(=O)c1ccccc1F)C(=O)OCc1noc(-c2ccc(F)cc2)n1. The summed E-state index contributed by atoms with van der Waals surface area (Å²) in [4.78, 5) is 28.9. The maximum Gasteiger partial charge on any atom is 0.329 e. The summed E-state index contributed by atoms with van der Waals surface area (Å²) >= 11 is 0. The fraction of sp³-hybridized carbons (Fsp3) is 0.238. The molecule has 0 aliphatic heterocycles. The number of nitrogens with one attached hydrogen (secondary N) is 1. The van der Waals surface area contributed by atoms with E-state index in [-0.39, 0.29) is 29.8 Å². The molecule has 156 valence electrons. The van der Waals surface area contributed by atoms with Crippen molar-refractivity contribution in [2.24, 2.45) is 5.92 Å². The van der Waals surface area contributed by atoms with E-state index in [1.165, 1.54) is 42.5 Å². The van der Waals surface area contributed by atoms with Crippen LogP contribution in [-0.2, 0) is 16.1 Å². The summed E-state index contributed by atoms with van der Waals surface area (Å²) in [7, 11) is 0. The second kappa shape index (κ2) is 9.25. The fourth-order valence-corrected chi connectivity index (χ4v) is 2.61. The molecule has 7 nitrogen and oxygen atoms in total. The summed E-state index contributed by atoms with van der Waals surface area (Å²) in [6.07, 6.45) is 0. The molecule has 1 atom stereocenters. The van der Waals surface area contributed by atoms with Gasteiger partial charge < -0.3 is 14.6 Å². The molecule has 0 saturated carbocycles. The molecule has 0 spiro atoms. The summed E-state index contributed by atoms with van der Waals surface area (Å²) in [5.41, 5.74) is 0.344. The highest BCUT2D eigenvalue weighted by Gasteiger charge is 2.27. The molecule has 9 heteroatoms. The van der Waals surface area contributed by atoms with Gasteiger partial charge in [-0.3, -0.25) is 4.79 Å². The topological polar surface area (TPSA) is 94.3 Å². The van der Waals surface area contributed by atoms with Crippen LogP contribution in [0.4, 0.5) is 8.78 Å². The number of esters is 1. The quantitative estimate of drug-likeness (QED) is 0.594. The minimum atomic E-state index is -0.999. The predicted octanol–water partition coefficient (Wildman–Crippen LogP) is 3.51. The maximum atomic E-state index is 13.8. The number of carbonyl (C=O) groups excluding carboxylic acids is 2. The number of nitrogens with zero attached hydrogens (tertiary/aromatic N) is 2. The first-order chi connectivity index (χ1) is 14.3. The highest BCUT2D eigenvalue weighted by atomic mass is 19.1. The van der Waals surface area contributed by atoms with Crippen LogP contribution >= 0.6 is 0 Å². The van der Waals surface area contributed by atoms with Gasteiger partial charge in [0.25, 0.3) is 11.8 Å². The summed E-state index contributed by atoms with van der Waals surface area (Å²) in [5, 5.41) is 6.21. The van der Waals surface area contributed by atoms with Crippen molar-refractivity contribution >= 4 is 11.9 Å². The lowest BCUT2D eigenvalue weighted by Crippen LogP contribution is -2.45. The number of amides is 1. The third-order valence-corrected chi connectivity index (χ3v) is 4.23. The van der Waals surface area contributed by atoms with Crippen molar-refractivity contribution in [3.05, 3.63) is 71.6 Å². The zero-order chi connectivity index (χ0) is 21.7. The number of benzene rings is 2. The largest absolute Gasteiger partial charge is 0.456 e. The van der Waals surface area contributed by atoms with E-state index in [0.717, 1.165) is 6.07 Å². The minimum absolute atomic E-state index is 0.102. The van der Waals surface area contributed by atoms with Crippen LogP contribution in [0.15, 0.2) is 53.1 Å². The summed E-state index contributed by atoms with van der Waals surface area (Å²) in [6.45, 7) is 3.14. The molecule has 3 rings (SSSR count). The Kier molecular flexibility index (Phi) is 6.51. The summed E-state index contributed by atoms with van der Waals surface area (Å²) in [5.74, 6) is -2.59. The number of hydrogen-bond acceptors (Lipinski definition) is 6. The smallest absolute Gasteiger partial charge is 0.329 e. The highest BCUT2D eigenvalue weighted by Crippen LogP contribution is 2.18. The fourth-order valence-electron chi connectivity index (χ4n) is 2.61. The van der Waals surface area contributed by atoms with E-state index < -0.39 is 29.6 Å². The van der Waals surface area contributed by atoms with Crippen LogP contribution in [-0.4, -0.2) is 28.1 Å². The van der Waals surface area contributed by atoms with Gasteiger partial charge in [0, 0.05) is 5.56 Å². The Bertz CT molecular complexity index is 1030. The molecule has 0 bridgehead atoms. The number of carbonyl (C=O) groups is 2. The van der Waals surface area contributed by atoms with E-state index in [0.29, 0.717) is 5.56 Å². The van der Waals surface area contributed by atoms with Gasteiger partial charge >= 0.3 is 5.97 Å². The van der Waals surface area contributed by atoms with Crippen LogP contribution in [0, 0.1) is 17.6 Å². The van der Waals surface area contributed by atoms with Crippen LogP contribution < -0.4 is 5.32 Å². The first kappa shape index (κ1) is 21.1. The Labute approximate surface area is 171 Å². The van der Waals surface area contributed by atoms with Crippen molar-refractivity contribution in [1.82, 2.24) is 15.5 Å². The van der Waals surface area contributed by atoms with Crippen LogP contribution in [0.2, 0.25) is 0 Å².